The average Bonchev–Trinajstić information content (AvgIpc) is 3.32. The quantitative estimate of drug-likeness (QED) is 0.492. The van der Waals surface area contributed by atoms with Crippen LogP contribution in [0.2, 0.25) is 0 Å². The Balaban J connectivity index is 1.86. The summed E-state index contributed by atoms with van der Waals surface area (Å²) in [6.45, 7) is 6.49. The number of hydrogen-bond acceptors (Lipinski definition) is 3. The predicted octanol–water partition coefficient (Wildman–Crippen LogP) is 6.10. The van der Waals surface area contributed by atoms with Crippen molar-refractivity contribution in [2.75, 3.05) is 29.6 Å². The fraction of sp³-hybridized carbons (Fsp3) is 0.481. The van der Waals surface area contributed by atoms with Crippen LogP contribution in [0.4, 0.5) is 26.2 Å². The van der Waals surface area contributed by atoms with Gasteiger partial charge in [-0.1, -0.05) is 32.8 Å². The minimum Gasteiger partial charge on any atom is -0.377 e. The van der Waals surface area contributed by atoms with E-state index in [1.54, 1.807) is 17.0 Å². The summed E-state index contributed by atoms with van der Waals surface area (Å²) in [5.41, 5.74) is 3.05. The third-order valence-corrected chi connectivity index (χ3v) is 6.69. The van der Waals surface area contributed by atoms with Crippen molar-refractivity contribution in [3.63, 3.8) is 0 Å². The topological polar surface area (TPSA) is 64.7 Å². The van der Waals surface area contributed by atoms with E-state index in [9.17, 15) is 14.0 Å². The van der Waals surface area contributed by atoms with Gasteiger partial charge in [-0.3, -0.25) is 4.79 Å². The average molecular weight is 469 g/mol. The molecule has 184 valence electrons. The summed E-state index contributed by atoms with van der Waals surface area (Å²) in [4.78, 5) is 29.7. The molecule has 1 saturated carbocycles. The van der Waals surface area contributed by atoms with Gasteiger partial charge in [-0.15, -0.1) is 0 Å². The van der Waals surface area contributed by atoms with Crippen LogP contribution in [-0.2, 0) is 11.3 Å². The van der Waals surface area contributed by atoms with Crippen LogP contribution in [0.25, 0.3) is 0 Å². The largest absolute Gasteiger partial charge is 0.377 e. The molecule has 0 aromatic heterocycles. The maximum atomic E-state index is 13.6. The molecule has 1 aliphatic rings. The van der Waals surface area contributed by atoms with E-state index in [1.165, 1.54) is 12.1 Å². The fourth-order valence-electron chi connectivity index (χ4n) is 4.36. The van der Waals surface area contributed by atoms with Crippen LogP contribution in [-0.4, -0.2) is 37.0 Å². The lowest BCUT2D eigenvalue weighted by Gasteiger charge is -2.33. The highest BCUT2D eigenvalue weighted by Crippen LogP contribution is 2.29. The highest BCUT2D eigenvalue weighted by Gasteiger charge is 2.26. The van der Waals surface area contributed by atoms with Crippen molar-refractivity contribution in [3.05, 3.63) is 53.8 Å². The van der Waals surface area contributed by atoms with Gasteiger partial charge in [0.25, 0.3) is 0 Å². The molecule has 1 atom stereocenters. The van der Waals surface area contributed by atoms with E-state index in [0.717, 1.165) is 42.6 Å². The molecule has 2 aromatic rings. The lowest BCUT2D eigenvalue weighted by atomic mass is 10.0. The third kappa shape index (κ3) is 6.49. The standard InChI is InChI=1S/C27H37FN4O2/c1-18(2)19(3)32(27(34)30-23-12-8-11-22(28)16-23)17-21-15-24(13-14-25(21)31(4)5)29-26(33)20-9-6-7-10-20/h8,11-16,18-20H,6-7,9-10,17H2,1-5H3,(H,29,33)(H,30,34)/t19-/m1/s1. The lowest BCUT2D eigenvalue weighted by molar-refractivity contribution is -0.119. The number of urea groups is 1. The minimum atomic E-state index is -0.401. The van der Waals surface area contributed by atoms with Gasteiger partial charge in [0.2, 0.25) is 5.91 Å². The summed E-state index contributed by atoms with van der Waals surface area (Å²) in [5, 5.41) is 5.91. The number of carbonyl (C=O) groups is 2. The van der Waals surface area contributed by atoms with Crippen molar-refractivity contribution in [2.24, 2.45) is 11.8 Å². The first kappa shape index (κ1) is 25.5. The van der Waals surface area contributed by atoms with E-state index in [2.05, 4.69) is 24.5 Å². The Hall–Kier alpha value is -3.09. The smallest absolute Gasteiger partial charge is 0.322 e. The van der Waals surface area contributed by atoms with Crippen molar-refractivity contribution < 1.29 is 14.0 Å². The summed E-state index contributed by atoms with van der Waals surface area (Å²) in [6.07, 6.45) is 4.08. The number of nitrogens with zero attached hydrogens (tertiary/aromatic N) is 2. The first-order valence-corrected chi connectivity index (χ1v) is 12.1. The molecule has 1 aliphatic carbocycles. The van der Waals surface area contributed by atoms with Gasteiger partial charge in [-0.05, 0) is 67.6 Å². The third-order valence-electron chi connectivity index (χ3n) is 6.69. The second-order valence-electron chi connectivity index (χ2n) is 9.76. The van der Waals surface area contributed by atoms with Gasteiger partial charge in [-0.25, -0.2) is 9.18 Å². The van der Waals surface area contributed by atoms with E-state index in [-0.39, 0.29) is 29.8 Å². The van der Waals surface area contributed by atoms with Crippen molar-refractivity contribution in [2.45, 2.75) is 59.0 Å². The molecule has 0 saturated heterocycles. The van der Waals surface area contributed by atoms with E-state index in [0.29, 0.717) is 12.2 Å². The summed E-state index contributed by atoms with van der Waals surface area (Å²) in [6, 6.07) is 11.4. The number of benzene rings is 2. The van der Waals surface area contributed by atoms with Crippen molar-refractivity contribution >= 4 is 29.0 Å². The highest BCUT2D eigenvalue weighted by atomic mass is 19.1. The summed E-state index contributed by atoms with van der Waals surface area (Å²) >= 11 is 0. The zero-order valence-electron chi connectivity index (χ0n) is 20.9. The van der Waals surface area contributed by atoms with Gasteiger partial charge in [-0.2, -0.15) is 0 Å². The van der Waals surface area contributed by atoms with Gasteiger partial charge in [0.15, 0.2) is 0 Å². The van der Waals surface area contributed by atoms with E-state index < -0.39 is 5.82 Å². The zero-order valence-corrected chi connectivity index (χ0v) is 20.9. The molecule has 34 heavy (non-hydrogen) atoms. The lowest BCUT2D eigenvalue weighted by Crippen LogP contribution is -2.43. The van der Waals surface area contributed by atoms with Gasteiger partial charge in [0, 0.05) is 49.7 Å². The molecule has 0 unspecified atom stereocenters. The number of halogens is 1. The Bertz CT molecular complexity index is 1000. The predicted molar refractivity (Wildman–Crippen MR) is 137 cm³/mol. The zero-order chi connectivity index (χ0) is 24.8. The molecule has 0 aliphatic heterocycles. The number of anilines is 3. The highest BCUT2D eigenvalue weighted by molar-refractivity contribution is 5.93. The monoisotopic (exact) mass is 468 g/mol. The van der Waals surface area contributed by atoms with Crippen molar-refractivity contribution in [1.82, 2.24) is 4.90 Å². The Morgan fingerprint density at radius 1 is 1.00 bits per heavy atom. The van der Waals surface area contributed by atoms with Gasteiger partial charge in [0.1, 0.15) is 5.82 Å². The SMILES string of the molecule is CC(C)[C@@H](C)N(Cc1cc(NC(=O)C2CCCC2)ccc1N(C)C)C(=O)Nc1cccc(F)c1. The molecule has 7 heteroatoms. The molecule has 0 radical (unpaired) electrons. The van der Waals surface area contributed by atoms with E-state index in [4.69, 9.17) is 0 Å². The molecule has 0 bridgehead atoms. The first-order valence-electron chi connectivity index (χ1n) is 12.1. The summed E-state index contributed by atoms with van der Waals surface area (Å²) in [5.74, 6) is -0.0445. The molecule has 2 N–H and O–H groups in total. The molecule has 0 heterocycles. The molecular weight excluding hydrogens is 431 g/mol. The van der Waals surface area contributed by atoms with Crippen molar-refractivity contribution in [1.29, 1.82) is 0 Å². The number of nitrogens with one attached hydrogen (secondary N) is 2. The summed E-state index contributed by atoms with van der Waals surface area (Å²) < 4.78 is 13.6. The van der Waals surface area contributed by atoms with Crippen LogP contribution in [0.15, 0.2) is 42.5 Å². The Labute approximate surface area is 202 Å². The molecule has 1 fully saturated rings. The molecule has 2 aromatic carbocycles. The van der Waals surface area contributed by atoms with Gasteiger partial charge >= 0.3 is 6.03 Å². The molecule has 3 rings (SSSR count). The second-order valence-corrected chi connectivity index (χ2v) is 9.76. The fourth-order valence-corrected chi connectivity index (χ4v) is 4.36. The number of rotatable bonds is 8. The second kappa shape index (κ2) is 11.4. The van der Waals surface area contributed by atoms with Crippen LogP contribution in [0.3, 0.4) is 0 Å². The molecule has 3 amide bonds. The van der Waals surface area contributed by atoms with Gasteiger partial charge < -0.3 is 20.4 Å². The first-order chi connectivity index (χ1) is 16.2. The normalized spacial score (nSPS) is 14.7. The maximum Gasteiger partial charge on any atom is 0.322 e. The maximum absolute atomic E-state index is 13.6. The Kier molecular flexibility index (Phi) is 8.53. The van der Waals surface area contributed by atoms with E-state index in [1.807, 2.05) is 44.1 Å². The number of hydrogen-bond donors (Lipinski definition) is 2. The number of amides is 3. The molecule has 0 spiro atoms. The molecular formula is C27H37FN4O2. The van der Waals surface area contributed by atoms with Crippen molar-refractivity contribution in [3.8, 4) is 0 Å². The van der Waals surface area contributed by atoms with Crippen LogP contribution < -0.4 is 15.5 Å². The summed E-state index contributed by atoms with van der Waals surface area (Å²) in [7, 11) is 3.91. The Morgan fingerprint density at radius 2 is 1.68 bits per heavy atom. The van der Waals surface area contributed by atoms with Crippen LogP contribution >= 0.6 is 0 Å². The minimum absolute atomic E-state index is 0.0669. The van der Waals surface area contributed by atoms with Crippen LogP contribution in [0.5, 0.6) is 0 Å². The van der Waals surface area contributed by atoms with Crippen LogP contribution in [0.1, 0.15) is 52.0 Å². The number of carbonyl (C=O) groups excluding carboxylic acids is 2. The van der Waals surface area contributed by atoms with Crippen LogP contribution in [0, 0.1) is 17.7 Å². The Morgan fingerprint density at radius 3 is 2.29 bits per heavy atom. The van der Waals surface area contributed by atoms with Gasteiger partial charge in [0.05, 0.1) is 0 Å². The molecule has 6 nitrogen and oxygen atoms in total. The van der Waals surface area contributed by atoms with E-state index >= 15 is 0 Å².